The number of nitrogens with one attached hydrogen (secondary N) is 2. The molecule has 2 N–H and O–H groups in total. The van der Waals surface area contributed by atoms with E-state index in [1.807, 2.05) is 36.5 Å². The molecule has 1 fully saturated rings. The third kappa shape index (κ3) is 3.64. The van der Waals surface area contributed by atoms with Crippen molar-refractivity contribution in [3.63, 3.8) is 0 Å². The van der Waals surface area contributed by atoms with E-state index in [2.05, 4.69) is 38.5 Å². The summed E-state index contributed by atoms with van der Waals surface area (Å²) >= 11 is 0. The van der Waals surface area contributed by atoms with Crippen LogP contribution in [0.4, 0.5) is 11.5 Å². The number of benzene rings is 1. The lowest BCUT2D eigenvalue weighted by molar-refractivity contribution is -0.114. The standard InChI is InChI=1S/C22H23N7O2/c1-14-13-31-10-9-28(14)21-11-18(16-3-5-17(6-4-16)25-15(2)30)19-12-24-29(22(19)26-21)20-7-8-23-27-20/h3-8,11-12,14H,9-10,13H2,1-2H3,(H,23,27)(H,25,30). The predicted octanol–water partition coefficient (Wildman–Crippen LogP) is 2.99. The minimum absolute atomic E-state index is 0.0940. The number of carbonyl (C=O) groups excluding carboxylic acids is 1. The highest BCUT2D eigenvalue weighted by atomic mass is 16.5. The van der Waals surface area contributed by atoms with Crippen LogP contribution in [0.5, 0.6) is 0 Å². The molecule has 0 bridgehead atoms. The van der Waals surface area contributed by atoms with Crippen molar-refractivity contribution in [3.05, 3.63) is 48.8 Å². The van der Waals surface area contributed by atoms with Crippen molar-refractivity contribution >= 4 is 28.4 Å². The van der Waals surface area contributed by atoms with Gasteiger partial charge in [-0.2, -0.15) is 14.9 Å². The second-order valence-electron chi connectivity index (χ2n) is 7.64. The summed E-state index contributed by atoms with van der Waals surface area (Å²) in [5.74, 6) is 1.54. The van der Waals surface area contributed by atoms with E-state index in [9.17, 15) is 4.79 Å². The quantitative estimate of drug-likeness (QED) is 0.529. The maximum absolute atomic E-state index is 11.4. The van der Waals surface area contributed by atoms with Crippen LogP contribution >= 0.6 is 0 Å². The molecule has 0 spiro atoms. The number of morpholine rings is 1. The van der Waals surface area contributed by atoms with Crippen molar-refractivity contribution in [2.75, 3.05) is 30.0 Å². The molecule has 1 unspecified atom stereocenters. The molecule has 9 nitrogen and oxygen atoms in total. The van der Waals surface area contributed by atoms with Crippen LogP contribution in [0.25, 0.3) is 28.0 Å². The first kappa shape index (κ1) is 19.3. The van der Waals surface area contributed by atoms with Crippen LogP contribution in [-0.2, 0) is 9.53 Å². The third-order valence-corrected chi connectivity index (χ3v) is 5.42. The fourth-order valence-corrected chi connectivity index (χ4v) is 3.92. The first-order valence-corrected chi connectivity index (χ1v) is 10.2. The molecule has 0 saturated carbocycles. The van der Waals surface area contributed by atoms with E-state index < -0.39 is 0 Å². The highest BCUT2D eigenvalue weighted by Gasteiger charge is 2.23. The predicted molar refractivity (Wildman–Crippen MR) is 118 cm³/mol. The Bertz CT molecular complexity index is 1210. The molecule has 0 radical (unpaired) electrons. The average molecular weight is 417 g/mol. The zero-order chi connectivity index (χ0) is 21.4. The Kier molecular flexibility index (Phi) is 4.87. The van der Waals surface area contributed by atoms with E-state index >= 15 is 0 Å². The maximum atomic E-state index is 11.4. The molecular weight excluding hydrogens is 394 g/mol. The molecule has 31 heavy (non-hydrogen) atoms. The molecule has 4 aromatic rings. The number of nitrogens with zero attached hydrogens (tertiary/aromatic N) is 5. The van der Waals surface area contributed by atoms with Crippen LogP contribution in [0.15, 0.2) is 48.8 Å². The van der Waals surface area contributed by atoms with E-state index in [4.69, 9.17) is 9.72 Å². The number of H-pyrrole nitrogens is 1. The third-order valence-electron chi connectivity index (χ3n) is 5.42. The normalized spacial score (nSPS) is 16.6. The first-order valence-electron chi connectivity index (χ1n) is 10.2. The number of rotatable bonds is 4. The number of aromatic amines is 1. The lowest BCUT2D eigenvalue weighted by atomic mass is 10.0. The van der Waals surface area contributed by atoms with Gasteiger partial charge in [-0.25, -0.2) is 4.98 Å². The van der Waals surface area contributed by atoms with Crippen molar-refractivity contribution in [1.82, 2.24) is 25.0 Å². The molecule has 0 aliphatic carbocycles. The molecule has 5 rings (SSSR count). The van der Waals surface area contributed by atoms with E-state index in [0.29, 0.717) is 13.2 Å². The molecule has 1 aliphatic heterocycles. The number of hydrogen-bond donors (Lipinski definition) is 2. The molecule has 9 heteroatoms. The van der Waals surface area contributed by atoms with Crippen molar-refractivity contribution in [3.8, 4) is 16.9 Å². The van der Waals surface area contributed by atoms with Gasteiger partial charge in [0, 0.05) is 30.6 Å². The summed E-state index contributed by atoms with van der Waals surface area (Å²) in [7, 11) is 0. The molecular formula is C22H23N7O2. The van der Waals surface area contributed by atoms with Crippen molar-refractivity contribution in [2.24, 2.45) is 0 Å². The lowest BCUT2D eigenvalue weighted by Gasteiger charge is -2.34. The van der Waals surface area contributed by atoms with Gasteiger partial charge < -0.3 is 15.0 Å². The molecule has 1 aromatic carbocycles. The molecule has 1 atom stereocenters. The number of aromatic nitrogens is 5. The summed E-state index contributed by atoms with van der Waals surface area (Å²) < 4.78 is 7.38. The number of anilines is 2. The fourth-order valence-electron chi connectivity index (χ4n) is 3.92. The van der Waals surface area contributed by atoms with Crippen LogP contribution < -0.4 is 10.2 Å². The Balaban J connectivity index is 1.66. The Morgan fingerprint density at radius 3 is 2.81 bits per heavy atom. The minimum atomic E-state index is -0.0940. The lowest BCUT2D eigenvalue weighted by Crippen LogP contribution is -2.44. The summed E-state index contributed by atoms with van der Waals surface area (Å²) in [5.41, 5.74) is 3.56. The summed E-state index contributed by atoms with van der Waals surface area (Å²) in [6.07, 6.45) is 3.52. The maximum Gasteiger partial charge on any atom is 0.221 e. The van der Waals surface area contributed by atoms with E-state index in [1.54, 1.807) is 10.9 Å². The van der Waals surface area contributed by atoms with Crippen LogP contribution in [0.2, 0.25) is 0 Å². The summed E-state index contributed by atoms with van der Waals surface area (Å²) in [6, 6.07) is 12.0. The number of ether oxygens (including phenoxy) is 1. The Hall–Kier alpha value is -3.72. The zero-order valence-electron chi connectivity index (χ0n) is 17.4. The number of fused-ring (bicyclic) bond motifs is 1. The van der Waals surface area contributed by atoms with Gasteiger partial charge in [-0.3, -0.25) is 9.89 Å². The molecule has 3 aromatic heterocycles. The Morgan fingerprint density at radius 1 is 1.26 bits per heavy atom. The number of amides is 1. The van der Waals surface area contributed by atoms with Crippen molar-refractivity contribution < 1.29 is 9.53 Å². The largest absolute Gasteiger partial charge is 0.377 e. The number of pyridine rings is 1. The summed E-state index contributed by atoms with van der Waals surface area (Å²) in [4.78, 5) is 18.6. The van der Waals surface area contributed by atoms with Gasteiger partial charge in [0.25, 0.3) is 0 Å². The minimum Gasteiger partial charge on any atom is -0.377 e. The Labute approximate surface area is 179 Å². The molecule has 158 valence electrons. The summed E-state index contributed by atoms with van der Waals surface area (Å²) in [5, 5.41) is 15.3. The van der Waals surface area contributed by atoms with Gasteiger partial charge in [-0.1, -0.05) is 12.1 Å². The number of carbonyl (C=O) groups is 1. The SMILES string of the molecule is CC(=O)Nc1ccc(-c2cc(N3CCOCC3C)nc3c2cnn3-c2ccn[nH]2)cc1. The van der Waals surface area contributed by atoms with Gasteiger partial charge in [-0.15, -0.1) is 0 Å². The van der Waals surface area contributed by atoms with Crippen LogP contribution in [0, 0.1) is 0 Å². The highest BCUT2D eigenvalue weighted by Crippen LogP contribution is 2.33. The smallest absolute Gasteiger partial charge is 0.221 e. The van der Waals surface area contributed by atoms with Gasteiger partial charge >= 0.3 is 0 Å². The second-order valence-corrected chi connectivity index (χ2v) is 7.64. The molecule has 1 amide bonds. The summed E-state index contributed by atoms with van der Waals surface area (Å²) in [6.45, 7) is 5.75. The van der Waals surface area contributed by atoms with Crippen molar-refractivity contribution in [2.45, 2.75) is 19.9 Å². The van der Waals surface area contributed by atoms with Gasteiger partial charge in [-0.05, 0) is 36.2 Å². The number of hydrogen-bond acceptors (Lipinski definition) is 6. The van der Waals surface area contributed by atoms with Crippen molar-refractivity contribution in [1.29, 1.82) is 0 Å². The van der Waals surface area contributed by atoms with E-state index in [0.717, 1.165) is 46.0 Å². The monoisotopic (exact) mass is 417 g/mol. The topological polar surface area (TPSA) is 101 Å². The van der Waals surface area contributed by atoms with Gasteiger partial charge in [0.05, 0.1) is 31.6 Å². The molecule has 1 aliphatic rings. The van der Waals surface area contributed by atoms with Gasteiger partial charge in [0.15, 0.2) is 11.5 Å². The van der Waals surface area contributed by atoms with E-state index in [-0.39, 0.29) is 11.9 Å². The van der Waals surface area contributed by atoms with Gasteiger partial charge in [0.1, 0.15) is 5.82 Å². The Morgan fingerprint density at radius 2 is 2.10 bits per heavy atom. The fraction of sp³-hybridized carbons (Fsp3) is 0.273. The zero-order valence-corrected chi connectivity index (χ0v) is 17.4. The van der Waals surface area contributed by atoms with Crippen LogP contribution in [0.1, 0.15) is 13.8 Å². The second kappa shape index (κ2) is 7.84. The van der Waals surface area contributed by atoms with E-state index in [1.165, 1.54) is 6.92 Å². The molecule has 1 saturated heterocycles. The van der Waals surface area contributed by atoms with Gasteiger partial charge in [0.2, 0.25) is 5.91 Å². The van der Waals surface area contributed by atoms with Crippen LogP contribution in [0.3, 0.4) is 0 Å². The highest BCUT2D eigenvalue weighted by molar-refractivity contribution is 5.95. The molecule has 4 heterocycles. The first-order chi connectivity index (χ1) is 15.1. The average Bonchev–Trinajstić information content (AvgIpc) is 3.43. The van der Waals surface area contributed by atoms with Crippen LogP contribution in [-0.4, -0.2) is 56.7 Å².